The van der Waals surface area contributed by atoms with E-state index in [1.165, 1.54) is 0 Å². The van der Waals surface area contributed by atoms with Crippen LogP contribution in [0.2, 0.25) is 5.02 Å². The van der Waals surface area contributed by atoms with Crippen LogP contribution in [0.1, 0.15) is 38.8 Å². The molecule has 0 spiro atoms. The molecule has 1 atom stereocenters. The Kier molecular flexibility index (Phi) is 7.49. The van der Waals surface area contributed by atoms with Crippen LogP contribution in [0.5, 0.6) is 5.75 Å². The van der Waals surface area contributed by atoms with Gasteiger partial charge in [-0.1, -0.05) is 31.5 Å². The standard InChI is InChI=1S/C15H24ClNO3S/c1-4-17-12(3)13-7-8-15(14(16)11-13)20-9-6-10-21(18,19)5-2/h7-8,11-12,17H,4-6,9-10H2,1-3H3. The maximum atomic E-state index is 11.4. The summed E-state index contributed by atoms with van der Waals surface area (Å²) < 4.78 is 28.3. The van der Waals surface area contributed by atoms with Crippen LogP contribution in [0, 0.1) is 0 Å². The molecule has 0 radical (unpaired) electrons. The van der Waals surface area contributed by atoms with Crippen molar-refractivity contribution in [1.82, 2.24) is 5.32 Å². The Morgan fingerprint density at radius 2 is 2.05 bits per heavy atom. The molecule has 1 aromatic rings. The van der Waals surface area contributed by atoms with Gasteiger partial charge in [-0.3, -0.25) is 0 Å². The van der Waals surface area contributed by atoms with Crippen LogP contribution in [0.25, 0.3) is 0 Å². The Morgan fingerprint density at radius 3 is 2.62 bits per heavy atom. The molecule has 0 heterocycles. The van der Waals surface area contributed by atoms with Crippen molar-refractivity contribution in [2.45, 2.75) is 33.2 Å². The van der Waals surface area contributed by atoms with Crippen molar-refractivity contribution in [3.8, 4) is 5.75 Å². The Hall–Kier alpha value is -0.780. The van der Waals surface area contributed by atoms with Gasteiger partial charge in [-0.05, 0) is 37.6 Å². The van der Waals surface area contributed by atoms with Crippen LogP contribution in [0.15, 0.2) is 18.2 Å². The highest BCUT2D eigenvalue weighted by atomic mass is 35.5. The summed E-state index contributed by atoms with van der Waals surface area (Å²) in [5.74, 6) is 0.916. The Labute approximate surface area is 132 Å². The van der Waals surface area contributed by atoms with Gasteiger partial charge in [0.05, 0.1) is 17.4 Å². The van der Waals surface area contributed by atoms with E-state index in [4.69, 9.17) is 16.3 Å². The summed E-state index contributed by atoms with van der Waals surface area (Å²) in [5, 5.41) is 3.87. The monoisotopic (exact) mass is 333 g/mol. The number of halogens is 1. The summed E-state index contributed by atoms with van der Waals surface area (Å²) in [7, 11) is -2.93. The predicted octanol–water partition coefficient (Wildman–Crippen LogP) is 3.21. The smallest absolute Gasteiger partial charge is 0.150 e. The van der Waals surface area contributed by atoms with E-state index in [-0.39, 0.29) is 17.5 Å². The minimum atomic E-state index is -2.93. The summed E-state index contributed by atoms with van der Waals surface area (Å²) in [4.78, 5) is 0. The van der Waals surface area contributed by atoms with Crippen molar-refractivity contribution < 1.29 is 13.2 Å². The van der Waals surface area contributed by atoms with Crippen LogP contribution >= 0.6 is 11.6 Å². The van der Waals surface area contributed by atoms with Gasteiger partial charge in [-0.15, -0.1) is 0 Å². The molecule has 0 amide bonds. The third-order valence-corrected chi connectivity index (χ3v) is 5.35. The molecule has 0 aliphatic rings. The average Bonchev–Trinajstić information content (AvgIpc) is 2.45. The molecule has 1 unspecified atom stereocenters. The first-order chi connectivity index (χ1) is 9.89. The lowest BCUT2D eigenvalue weighted by Gasteiger charge is -2.15. The molecule has 0 aliphatic heterocycles. The molecule has 0 saturated heterocycles. The van der Waals surface area contributed by atoms with E-state index in [0.29, 0.717) is 23.8 Å². The number of hydrogen-bond donors (Lipinski definition) is 1. The second-order valence-electron chi connectivity index (χ2n) is 4.91. The van der Waals surface area contributed by atoms with E-state index in [1.54, 1.807) is 6.92 Å². The van der Waals surface area contributed by atoms with Crippen LogP contribution < -0.4 is 10.1 Å². The van der Waals surface area contributed by atoms with E-state index in [1.807, 2.05) is 18.2 Å². The lowest BCUT2D eigenvalue weighted by molar-refractivity contribution is 0.317. The minimum absolute atomic E-state index is 0.149. The number of benzene rings is 1. The third-order valence-electron chi connectivity index (χ3n) is 3.26. The topological polar surface area (TPSA) is 55.4 Å². The van der Waals surface area contributed by atoms with E-state index >= 15 is 0 Å². The van der Waals surface area contributed by atoms with Crippen molar-refractivity contribution in [2.75, 3.05) is 24.7 Å². The van der Waals surface area contributed by atoms with Gasteiger partial charge in [-0.2, -0.15) is 0 Å². The van der Waals surface area contributed by atoms with Crippen molar-refractivity contribution in [2.24, 2.45) is 0 Å². The molecule has 0 saturated carbocycles. The summed E-state index contributed by atoms with van der Waals surface area (Å²) in [5.41, 5.74) is 1.10. The maximum absolute atomic E-state index is 11.4. The molecule has 1 N–H and O–H groups in total. The van der Waals surface area contributed by atoms with Gasteiger partial charge < -0.3 is 10.1 Å². The van der Waals surface area contributed by atoms with Gasteiger partial charge in [0.15, 0.2) is 0 Å². The highest BCUT2D eigenvalue weighted by molar-refractivity contribution is 7.91. The molecule has 1 rings (SSSR count). The fourth-order valence-corrected chi connectivity index (χ4v) is 3.02. The largest absolute Gasteiger partial charge is 0.492 e. The molecule has 21 heavy (non-hydrogen) atoms. The number of sulfone groups is 1. The van der Waals surface area contributed by atoms with E-state index in [0.717, 1.165) is 12.1 Å². The number of nitrogens with one attached hydrogen (secondary N) is 1. The zero-order valence-electron chi connectivity index (χ0n) is 12.9. The molecular weight excluding hydrogens is 310 g/mol. The van der Waals surface area contributed by atoms with Gasteiger partial charge in [0.25, 0.3) is 0 Å². The van der Waals surface area contributed by atoms with Crippen LogP contribution in [0.4, 0.5) is 0 Å². The average molecular weight is 334 g/mol. The Bertz CT molecular complexity index is 546. The fourth-order valence-electron chi connectivity index (χ4n) is 1.93. The first-order valence-electron chi connectivity index (χ1n) is 7.25. The second kappa shape index (κ2) is 8.61. The first kappa shape index (κ1) is 18.3. The summed E-state index contributed by atoms with van der Waals surface area (Å²) in [6.45, 7) is 7.02. The van der Waals surface area contributed by atoms with Crippen molar-refractivity contribution in [3.05, 3.63) is 28.8 Å². The highest BCUT2D eigenvalue weighted by Gasteiger charge is 2.10. The van der Waals surface area contributed by atoms with Gasteiger partial charge in [0, 0.05) is 11.8 Å². The molecule has 0 aromatic heterocycles. The molecule has 6 heteroatoms. The SMILES string of the molecule is CCNC(C)c1ccc(OCCCS(=O)(=O)CC)c(Cl)c1. The molecule has 0 fully saturated rings. The summed E-state index contributed by atoms with van der Waals surface area (Å²) >= 11 is 6.20. The van der Waals surface area contributed by atoms with E-state index in [9.17, 15) is 8.42 Å². The number of hydrogen-bond acceptors (Lipinski definition) is 4. The molecule has 0 aliphatic carbocycles. The lowest BCUT2D eigenvalue weighted by atomic mass is 10.1. The fraction of sp³-hybridized carbons (Fsp3) is 0.600. The van der Waals surface area contributed by atoms with E-state index < -0.39 is 9.84 Å². The molecule has 4 nitrogen and oxygen atoms in total. The highest BCUT2D eigenvalue weighted by Crippen LogP contribution is 2.28. The van der Waals surface area contributed by atoms with E-state index in [2.05, 4.69) is 19.2 Å². The molecule has 120 valence electrons. The van der Waals surface area contributed by atoms with Crippen LogP contribution in [0.3, 0.4) is 0 Å². The maximum Gasteiger partial charge on any atom is 0.150 e. The molecular formula is C15H24ClNO3S. The second-order valence-corrected chi connectivity index (χ2v) is 7.79. The zero-order valence-corrected chi connectivity index (χ0v) is 14.4. The molecule has 1 aromatic carbocycles. The van der Waals surface area contributed by atoms with Gasteiger partial charge in [-0.25, -0.2) is 8.42 Å². The number of rotatable bonds is 9. The quantitative estimate of drug-likeness (QED) is 0.705. The third kappa shape index (κ3) is 6.24. The van der Waals surface area contributed by atoms with Crippen LogP contribution in [-0.4, -0.2) is 33.1 Å². The summed E-state index contributed by atoms with van der Waals surface area (Å²) in [6, 6.07) is 5.92. The van der Waals surface area contributed by atoms with Crippen molar-refractivity contribution >= 4 is 21.4 Å². The normalized spacial score (nSPS) is 13.1. The lowest BCUT2D eigenvalue weighted by Crippen LogP contribution is -2.17. The minimum Gasteiger partial charge on any atom is -0.492 e. The molecule has 0 bridgehead atoms. The first-order valence-corrected chi connectivity index (χ1v) is 9.45. The predicted molar refractivity (Wildman–Crippen MR) is 88.0 cm³/mol. The van der Waals surface area contributed by atoms with Gasteiger partial charge >= 0.3 is 0 Å². The van der Waals surface area contributed by atoms with Crippen molar-refractivity contribution in [1.29, 1.82) is 0 Å². The number of ether oxygens (including phenoxy) is 1. The Morgan fingerprint density at radius 1 is 1.33 bits per heavy atom. The summed E-state index contributed by atoms with van der Waals surface area (Å²) in [6.07, 6.45) is 0.474. The van der Waals surface area contributed by atoms with Crippen molar-refractivity contribution in [3.63, 3.8) is 0 Å². The van der Waals surface area contributed by atoms with Crippen LogP contribution in [-0.2, 0) is 9.84 Å². The zero-order chi connectivity index (χ0) is 15.9. The van der Waals surface area contributed by atoms with Gasteiger partial charge in [0.2, 0.25) is 0 Å². The van der Waals surface area contributed by atoms with Gasteiger partial charge in [0.1, 0.15) is 15.6 Å². The Balaban J connectivity index is 2.53.